The van der Waals surface area contributed by atoms with Crippen LogP contribution in [0, 0.1) is 0 Å². The molecule has 130 valence electrons. The van der Waals surface area contributed by atoms with Crippen molar-refractivity contribution in [3.05, 3.63) is 53.4 Å². The number of ether oxygens (including phenoxy) is 2. The van der Waals surface area contributed by atoms with E-state index in [0.717, 1.165) is 12.0 Å². The van der Waals surface area contributed by atoms with Gasteiger partial charge in [-0.2, -0.15) is 10.1 Å². The van der Waals surface area contributed by atoms with Crippen LogP contribution in [0.25, 0.3) is 0 Å². The molecular weight excluding hydrogens is 320 g/mol. The number of hydrogen-bond acceptors (Lipinski definition) is 6. The molecular formula is C18H20N4O3. The highest BCUT2D eigenvalue weighted by Crippen LogP contribution is 2.53. The Kier molecular flexibility index (Phi) is 3.91. The first-order valence-corrected chi connectivity index (χ1v) is 8.20. The molecule has 7 heteroatoms. The Labute approximate surface area is 145 Å². The molecule has 0 spiro atoms. The van der Waals surface area contributed by atoms with E-state index in [1.807, 2.05) is 42.3 Å². The summed E-state index contributed by atoms with van der Waals surface area (Å²) in [5, 5.41) is 8.35. The lowest BCUT2D eigenvalue weighted by molar-refractivity contribution is 0.354. The van der Waals surface area contributed by atoms with Crippen molar-refractivity contribution in [2.24, 2.45) is 7.05 Å². The highest BCUT2D eigenvalue weighted by molar-refractivity contribution is 5.43. The van der Waals surface area contributed by atoms with E-state index in [4.69, 9.17) is 14.0 Å². The number of aromatic nitrogens is 4. The molecule has 1 aromatic carbocycles. The third-order valence-electron chi connectivity index (χ3n) is 4.55. The minimum atomic E-state index is 0.302. The molecule has 0 radical (unpaired) electrons. The van der Waals surface area contributed by atoms with Gasteiger partial charge in [0.1, 0.15) is 0 Å². The minimum Gasteiger partial charge on any atom is -0.493 e. The molecule has 3 aromatic rings. The average molecular weight is 340 g/mol. The predicted molar refractivity (Wildman–Crippen MR) is 90.0 cm³/mol. The van der Waals surface area contributed by atoms with Gasteiger partial charge in [-0.3, -0.25) is 4.68 Å². The average Bonchev–Trinajstić information content (AvgIpc) is 3.08. The third-order valence-corrected chi connectivity index (χ3v) is 4.55. The van der Waals surface area contributed by atoms with Gasteiger partial charge in [-0.1, -0.05) is 11.2 Å². The zero-order valence-corrected chi connectivity index (χ0v) is 14.5. The van der Waals surface area contributed by atoms with Gasteiger partial charge >= 0.3 is 0 Å². The number of aryl methyl sites for hydroxylation is 1. The lowest BCUT2D eigenvalue weighted by atomic mass is 10.1. The van der Waals surface area contributed by atoms with Crippen LogP contribution in [0.5, 0.6) is 11.5 Å². The van der Waals surface area contributed by atoms with Gasteiger partial charge in [0.05, 0.1) is 20.4 Å². The van der Waals surface area contributed by atoms with Crippen LogP contribution in [0.2, 0.25) is 0 Å². The van der Waals surface area contributed by atoms with Crippen molar-refractivity contribution in [1.82, 2.24) is 19.9 Å². The van der Waals surface area contributed by atoms with Crippen molar-refractivity contribution in [1.29, 1.82) is 0 Å². The minimum absolute atomic E-state index is 0.302. The van der Waals surface area contributed by atoms with Crippen molar-refractivity contribution in [3.63, 3.8) is 0 Å². The largest absolute Gasteiger partial charge is 0.493 e. The smallest absolute Gasteiger partial charge is 0.230 e. The molecule has 0 bridgehead atoms. The zero-order valence-electron chi connectivity index (χ0n) is 14.5. The van der Waals surface area contributed by atoms with Gasteiger partial charge in [0.15, 0.2) is 17.3 Å². The summed E-state index contributed by atoms with van der Waals surface area (Å²) in [6.07, 6.45) is 5.58. The normalized spacial score (nSPS) is 19.0. The number of rotatable bonds is 6. The molecule has 2 aromatic heterocycles. The lowest BCUT2D eigenvalue weighted by Gasteiger charge is -2.08. The molecule has 0 aliphatic heterocycles. The second kappa shape index (κ2) is 6.23. The van der Waals surface area contributed by atoms with Gasteiger partial charge in [-0.05, 0) is 35.6 Å². The maximum absolute atomic E-state index is 5.48. The molecule has 25 heavy (non-hydrogen) atoms. The summed E-state index contributed by atoms with van der Waals surface area (Å²) in [4.78, 5) is 4.57. The van der Waals surface area contributed by atoms with Crippen molar-refractivity contribution in [2.75, 3.05) is 14.2 Å². The topological polar surface area (TPSA) is 75.2 Å². The maximum atomic E-state index is 5.48. The van der Waals surface area contributed by atoms with Crippen LogP contribution < -0.4 is 9.47 Å². The summed E-state index contributed by atoms with van der Waals surface area (Å²) in [5.41, 5.74) is 2.27. The Bertz CT molecular complexity index is 886. The molecule has 0 amide bonds. The summed E-state index contributed by atoms with van der Waals surface area (Å²) in [7, 11) is 5.17. The van der Waals surface area contributed by atoms with Gasteiger partial charge in [0.2, 0.25) is 5.89 Å². The second-order valence-electron chi connectivity index (χ2n) is 6.31. The van der Waals surface area contributed by atoms with Crippen LogP contribution >= 0.6 is 0 Å². The van der Waals surface area contributed by atoms with Crippen LogP contribution in [0.4, 0.5) is 0 Å². The van der Waals surface area contributed by atoms with Gasteiger partial charge < -0.3 is 14.0 Å². The summed E-state index contributed by atoms with van der Waals surface area (Å²) >= 11 is 0. The molecule has 2 atom stereocenters. The highest BCUT2D eigenvalue weighted by atomic mass is 16.5. The predicted octanol–water partition coefficient (Wildman–Crippen LogP) is 2.68. The maximum Gasteiger partial charge on any atom is 0.230 e. The third kappa shape index (κ3) is 3.09. The molecule has 1 aliphatic rings. The SMILES string of the molecule is COc1ccc(Cc2noc([C@H]3C[C@H]3c3cnn(C)c3)n2)cc1OC. The van der Waals surface area contributed by atoms with Gasteiger partial charge in [0, 0.05) is 25.6 Å². The Morgan fingerprint density at radius 2 is 2.04 bits per heavy atom. The quantitative estimate of drug-likeness (QED) is 0.687. The monoisotopic (exact) mass is 340 g/mol. The number of hydrogen-bond donors (Lipinski definition) is 0. The Hall–Kier alpha value is -2.83. The lowest BCUT2D eigenvalue weighted by Crippen LogP contribution is -1.95. The van der Waals surface area contributed by atoms with E-state index in [1.54, 1.807) is 14.2 Å². The summed E-state index contributed by atoms with van der Waals surface area (Å²) in [6, 6.07) is 5.80. The van der Waals surface area contributed by atoms with E-state index in [9.17, 15) is 0 Å². The van der Waals surface area contributed by atoms with E-state index in [-0.39, 0.29) is 0 Å². The second-order valence-corrected chi connectivity index (χ2v) is 6.31. The van der Waals surface area contributed by atoms with Gasteiger partial charge in [0.25, 0.3) is 0 Å². The van der Waals surface area contributed by atoms with Gasteiger partial charge in [-0.15, -0.1) is 0 Å². The van der Waals surface area contributed by atoms with Crippen LogP contribution in [0.15, 0.2) is 35.1 Å². The first kappa shape index (κ1) is 15.7. The molecule has 4 rings (SSSR count). The fraction of sp³-hybridized carbons (Fsp3) is 0.389. The fourth-order valence-corrected chi connectivity index (χ4v) is 3.13. The molecule has 2 heterocycles. The Morgan fingerprint density at radius 1 is 1.20 bits per heavy atom. The first-order valence-electron chi connectivity index (χ1n) is 8.20. The summed E-state index contributed by atoms with van der Waals surface area (Å²) in [6.45, 7) is 0. The van der Waals surface area contributed by atoms with Gasteiger partial charge in [-0.25, -0.2) is 0 Å². The molecule has 0 saturated heterocycles. The summed E-state index contributed by atoms with van der Waals surface area (Å²) < 4.78 is 17.9. The molecule has 7 nitrogen and oxygen atoms in total. The Balaban J connectivity index is 1.46. The van der Waals surface area contributed by atoms with E-state index in [1.165, 1.54) is 5.56 Å². The summed E-state index contributed by atoms with van der Waals surface area (Å²) in [5.74, 6) is 3.53. The van der Waals surface area contributed by atoms with E-state index < -0.39 is 0 Å². The van der Waals surface area contributed by atoms with Crippen LogP contribution in [-0.2, 0) is 13.5 Å². The van der Waals surface area contributed by atoms with Crippen LogP contribution in [0.1, 0.15) is 41.1 Å². The van der Waals surface area contributed by atoms with E-state index >= 15 is 0 Å². The highest BCUT2D eigenvalue weighted by Gasteiger charge is 2.44. The van der Waals surface area contributed by atoms with Crippen molar-refractivity contribution in [3.8, 4) is 11.5 Å². The first-order chi connectivity index (χ1) is 12.2. The fourth-order valence-electron chi connectivity index (χ4n) is 3.13. The van der Waals surface area contributed by atoms with E-state index in [2.05, 4.69) is 15.2 Å². The van der Waals surface area contributed by atoms with Crippen molar-refractivity contribution < 1.29 is 14.0 Å². The number of methoxy groups -OCH3 is 2. The molecule has 0 N–H and O–H groups in total. The van der Waals surface area contributed by atoms with Crippen LogP contribution in [0.3, 0.4) is 0 Å². The molecule has 1 aliphatic carbocycles. The molecule has 0 unspecified atom stereocenters. The number of benzene rings is 1. The molecule has 1 fully saturated rings. The van der Waals surface area contributed by atoms with Crippen molar-refractivity contribution in [2.45, 2.75) is 24.7 Å². The number of nitrogens with zero attached hydrogens (tertiary/aromatic N) is 4. The Morgan fingerprint density at radius 3 is 2.76 bits per heavy atom. The van der Waals surface area contributed by atoms with Crippen LogP contribution in [-0.4, -0.2) is 34.1 Å². The standard InChI is InChI=1S/C18H20N4O3/c1-22-10-12(9-19-22)13-8-14(13)18-20-17(21-25-18)7-11-4-5-15(23-2)16(6-11)24-3/h4-6,9-10,13-14H,7-8H2,1-3H3/t13-,14-/m0/s1. The zero-order chi connectivity index (χ0) is 17.4. The van der Waals surface area contributed by atoms with Crippen molar-refractivity contribution >= 4 is 0 Å². The molecule has 1 saturated carbocycles. The van der Waals surface area contributed by atoms with E-state index in [0.29, 0.717) is 41.5 Å².